The Balaban J connectivity index is 3.07. The fourth-order valence-corrected chi connectivity index (χ4v) is 1.65. The average Bonchev–Trinajstić information content (AvgIpc) is 2.37. The molecule has 0 saturated heterocycles. The van der Waals surface area contributed by atoms with Crippen molar-refractivity contribution in [2.45, 2.75) is 13.3 Å². The number of nitrogens with zero attached hydrogens (tertiary/aromatic N) is 4. The largest absolute Gasteiger partial charge is 0.385 e. The van der Waals surface area contributed by atoms with Gasteiger partial charge in [0, 0.05) is 27.3 Å². The molecule has 0 atom stereocenters. The number of aromatic nitrogens is 2. The Labute approximate surface area is 110 Å². The summed E-state index contributed by atoms with van der Waals surface area (Å²) >= 11 is 0. The van der Waals surface area contributed by atoms with Crippen LogP contribution in [0.1, 0.15) is 12.1 Å². The van der Waals surface area contributed by atoms with E-state index in [0.29, 0.717) is 13.2 Å². The summed E-state index contributed by atoms with van der Waals surface area (Å²) in [6.07, 6.45) is 0.735. The molecule has 0 spiro atoms. The van der Waals surface area contributed by atoms with Crippen LogP contribution in [0.25, 0.3) is 0 Å². The number of nitrogens with two attached hydrogens (primary N) is 1. The highest BCUT2D eigenvalue weighted by Gasteiger charge is 2.24. The number of rotatable bonds is 7. The molecule has 9 heteroatoms. The lowest BCUT2D eigenvalue weighted by atomic mass is 10.3. The molecule has 3 N–H and O–H groups in total. The van der Waals surface area contributed by atoms with Crippen LogP contribution >= 0.6 is 0 Å². The molecule has 0 aliphatic carbocycles. The number of anilines is 2. The predicted molar refractivity (Wildman–Crippen MR) is 71.0 cm³/mol. The molecule has 1 rings (SSSR count). The van der Waals surface area contributed by atoms with Crippen LogP contribution in [0.2, 0.25) is 0 Å². The third kappa shape index (κ3) is 3.73. The highest BCUT2D eigenvalue weighted by Crippen LogP contribution is 2.28. The summed E-state index contributed by atoms with van der Waals surface area (Å²) in [6.45, 7) is 2.70. The van der Waals surface area contributed by atoms with E-state index < -0.39 is 4.92 Å². The number of hydrogen-bond acceptors (Lipinski definition) is 8. The van der Waals surface area contributed by atoms with E-state index in [0.717, 1.165) is 6.42 Å². The number of hydrazine groups is 1. The van der Waals surface area contributed by atoms with E-state index in [4.69, 9.17) is 10.6 Å². The van der Waals surface area contributed by atoms with Crippen molar-refractivity contribution >= 4 is 17.5 Å². The van der Waals surface area contributed by atoms with Crippen LogP contribution in [-0.4, -0.2) is 42.2 Å². The molecule has 0 fully saturated rings. The van der Waals surface area contributed by atoms with Crippen LogP contribution in [0.15, 0.2) is 0 Å². The first-order valence-electron chi connectivity index (χ1n) is 5.71. The Morgan fingerprint density at radius 1 is 1.53 bits per heavy atom. The van der Waals surface area contributed by atoms with Gasteiger partial charge in [0.05, 0.1) is 4.92 Å². The second-order valence-corrected chi connectivity index (χ2v) is 3.97. The molecule has 1 heterocycles. The Kier molecular flexibility index (Phi) is 5.39. The molecule has 1 aromatic heterocycles. The lowest BCUT2D eigenvalue weighted by Crippen LogP contribution is -2.24. The van der Waals surface area contributed by atoms with Gasteiger partial charge in [-0.1, -0.05) is 0 Å². The topological polar surface area (TPSA) is 119 Å². The molecule has 0 unspecified atom stereocenters. The molecular formula is C10H18N6O3. The van der Waals surface area contributed by atoms with Crippen LogP contribution in [0.5, 0.6) is 0 Å². The van der Waals surface area contributed by atoms with Gasteiger partial charge in [-0.3, -0.25) is 15.5 Å². The third-order valence-electron chi connectivity index (χ3n) is 2.56. The Hall–Kier alpha value is -2.00. The van der Waals surface area contributed by atoms with Crippen LogP contribution < -0.4 is 16.2 Å². The second-order valence-electron chi connectivity index (χ2n) is 3.97. The van der Waals surface area contributed by atoms with Gasteiger partial charge in [0.1, 0.15) is 5.69 Å². The molecule has 0 saturated carbocycles. The Morgan fingerprint density at radius 3 is 2.74 bits per heavy atom. The van der Waals surface area contributed by atoms with E-state index in [1.165, 1.54) is 0 Å². The summed E-state index contributed by atoms with van der Waals surface area (Å²) in [5.74, 6) is 5.64. The maximum Gasteiger partial charge on any atom is 0.332 e. The van der Waals surface area contributed by atoms with Gasteiger partial charge in [-0.05, 0) is 13.3 Å². The monoisotopic (exact) mass is 270 g/mol. The van der Waals surface area contributed by atoms with E-state index in [2.05, 4.69) is 15.4 Å². The highest BCUT2D eigenvalue weighted by atomic mass is 16.6. The van der Waals surface area contributed by atoms with Crippen LogP contribution in [0.4, 0.5) is 17.5 Å². The zero-order chi connectivity index (χ0) is 14.4. The molecule has 0 amide bonds. The highest BCUT2D eigenvalue weighted by molar-refractivity contribution is 5.61. The van der Waals surface area contributed by atoms with Gasteiger partial charge >= 0.3 is 5.69 Å². The van der Waals surface area contributed by atoms with Gasteiger partial charge in [0.15, 0.2) is 0 Å². The molecule has 106 valence electrons. The zero-order valence-electron chi connectivity index (χ0n) is 11.2. The van der Waals surface area contributed by atoms with Crippen molar-refractivity contribution < 1.29 is 9.66 Å². The summed E-state index contributed by atoms with van der Waals surface area (Å²) in [7, 11) is 3.33. The maximum atomic E-state index is 11.1. The van der Waals surface area contributed by atoms with Crippen molar-refractivity contribution in [3.05, 3.63) is 15.8 Å². The fraction of sp³-hybridized carbons (Fsp3) is 0.600. The second kappa shape index (κ2) is 6.81. The van der Waals surface area contributed by atoms with Crippen molar-refractivity contribution in [3.8, 4) is 0 Å². The molecule has 9 nitrogen and oxygen atoms in total. The van der Waals surface area contributed by atoms with Gasteiger partial charge in [0.25, 0.3) is 0 Å². The van der Waals surface area contributed by atoms with Crippen LogP contribution in [0, 0.1) is 17.0 Å². The van der Waals surface area contributed by atoms with Crippen molar-refractivity contribution in [2.75, 3.05) is 37.6 Å². The van der Waals surface area contributed by atoms with Gasteiger partial charge in [-0.15, -0.1) is 0 Å². The predicted octanol–water partition coefficient (Wildman–Crippen LogP) is 0.452. The number of nitro groups is 1. The Bertz CT molecular complexity index is 453. The average molecular weight is 270 g/mol. The minimum atomic E-state index is -0.488. The maximum absolute atomic E-state index is 11.1. The van der Waals surface area contributed by atoms with Gasteiger partial charge < -0.3 is 9.64 Å². The lowest BCUT2D eigenvalue weighted by molar-refractivity contribution is -0.385. The summed E-state index contributed by atoms with van der Waals surface area (Å²) in [5, 5.41) is 11.1. The minimum Gasteiger partial charge on any atom is -0.385 e. The van der Waals surface area contributed by atoms with Crippen LogP contribution in [-0.2, 0) is 4.74 Å². The fourth-order valence-electron chi connectivity index (χ4n) is 1.65. The first-order valence-corrected chi connectivity index (χ1v) is 5.71. The smallest absolute Gasteiger partial charge is 0.332 e. The van der Waals surface area contributed by atoms with Gasteiger partial charge in [-0.2, -0.15) is 4.98 Å². The molecule has 0 radical (unpaired) electrons. The first-order chi connectivity index (χ1) is 9.01. The van der Waals surface area contributed by atoms with Crippen molar-refractivity contribution in [1.82, 2.24) is 9.97 Å². The van der Waals surface area contributed by atoms with E-state index in [1.807, 2.05) is 0 Å². The first kappa shape index (κ1) is 15.1. The summed E-state index contributed by atoms with van der Waals surface area (Å²) < 4.78 is 4.95. The molecule has 0 aliphatic heterocycles. The number of aryl methyl sites for hydroxylation is 1. The summed E-state index contributed by atoms with van der Waals surface area (Å²) in [4.78, 5) is 20.3. The van der Waals surface area contributed by atoms with E-state index >= 15 is 0 Å². The molecule has 0 aromatic carbocycles. The van der Waals surface area contributed by atoms with Gasteiger partial charge in [-0.25, -0.2) is 10.8 Å². The SMILES string of the molecule is COCCCN(C)c1nc(NN)nc(C)c1[N+](=O)[O-]. The normalized spacial score (nSPS) is 10.3. The number of hydrogen-bond donors (Lipinski definition) is 2. The number of nitrogen functional groups attached to an aromatic ring is 1. The van der Waals surface area contributed by atoms with Crippen molar-refractivity contribution in [2.24, 2.45) is 5.84 Å². The molecular weight excluding hydrogens is 252 g/mol. The standard InChI is InChI=1S/C10H18N6O3/c1-7-8(16(17)18)9(13-10(12-7)14-11)15(2)5-4-6-19-3/h4-6,11H2,1-3H3,(H,12,13,14). The quantitative estimate of drug-likeness (QED) is 0.317. The lowest BCUT2D eigenvalue weighted by Gasteiger charge is -2.18. The summed E-state index contributed by atoms with van der Waals surface area (Å²) in [5.41, 5.74) is 2.45. The number of nitrogens with one attached hydrogen (secondary N) is 1. The van der Waals surface area contributed by atoms with Crippen molar-refractivity contribution in [1.29, 1.82) is 0 Å². The summed E-state index contributed by atoms with van der Waals surface area (Å²) in [6, 6.07) is 0. The zero-order valence-corrected chi connectivity index (χ0v) is 11.2. The minimum absolute atomic E-state index is 0.112. The van der Waals surface area contributed by atoms with E-state index in [9.17, 15) is 10.1 Å². The van der Waals surface area contributed by atoms with Crippen molar-refractivity contribution in [3.63, 3.8) is 0 Å². The third-order valence-corrected chi connectivity index (χ3v) is 2.56. The molecule has 19 heavy (non-hydrogen) atoms. The Morgan fingerprint density at radius 2 is 2.21 bits per heavy atom. The molecule has 1 aromatic rings. The molecule has 0 bridgehead atoms. The van der Waals surface area contributed by atoms with E-state index in [1.54, 1.807) is 26.0 Å². The van der Waals surface area contributed by atoms with E-state index in [-0.39, 0.29) is 23.1 Å². The number of methoxy groups -OCH3 is 1. The molecule has 0 aliphatic rings. The van der Waals surface area contributed by atoms with Crippen LogP contribution in [0.3, 0.4) is 0 Å². The number of ether oxygens (including phenoxy) is 1. The van der Waals surface area contributed by atoms with Gasteiger partial charge in [0.2, 0.25) is 11.8 Å².